The van der Waals surface area contributed by atoms with Crippen molar-refractivity contribution >= 4 is 82.0 Å². The van der Waals surface area contributed by atoms with Crippen LogP contribution in [0.15, 0.2) is 95.2 Å². The van der Waals surface area contributed by atoms with Crippen LogP contribution >= 0.6 is 0 Å². The highest BCUT2D eigenvalue weighted by Crippen LogP contribution is 2.46. The molecule has 5 heterocycles. The molecule has 20 nitrogen and oxygen atoms in total. The van der Waals surface area contributed by atoms with Gasteiger partial charge in [-0.1, -0.05) is 114 Å². The van der Waals surface area contributed by atoms with E-state index in [4.69, 9.17) is 33.7 Å². The molecule has 0 spiro atoms. The first-order valence-electron chi connectivity index (χ1n) is 32.6. The molecule has 0 saturated carbocycles. The quantitative estimate of drug-likeness (QED) is 0.0464. The van der Waals surface area contributed by atoms with Gasteiger partial charge in [0.05, 0.1) is 69.1 Å². The van der Waals surface area contributed by atoms with Gasteiger partial charge in [-0.25, -0.2) is 0 Å². The van der Waals surface area contributed by atoms with Gasteiger partial charge in [-0.2, -0.15) is 0 Å². The second-order valence-electron chi connectivity index (χ2n) is 28.3. The molecular weight excluding hydrogens is 1190 g/mol. The number of carbonyl (C=O) groups is 7. The van der Waals surface area contributed by atoms with Gasteiger partial charge in [0.15, 0.2) is 23.0 Å². The van der Waals surface area contributed by atoms with Crippen LogP contribution in [-0.4, -0.2) is 133 Å². The predicted molar refractivity (Wildman–Crippen MR) is 368 cm³/mol. The van der Waals surface area contributed by atoms with Crippen molar-refractivity contribution in [2.45, 2.75) is 180 Å². The van der Waals surface area contributed by atoms with Crippen molar-refractivity contribution in [1.82, 2.24) is 25.3 Å². The van der Waals surface area contributed by atoms with Gasteiger partial charge < -0.3 is 49.4 Å². The van der Waals surface area contributed by atoms with Crippen LogP contribution in [-0.2, 0) is 24.0 Å². The Morgan fingerprint density at radius 1 is 0.606 bits per heavy atom. The molecule has 4 atom stereocenters. The van der Waals surface area contributed by atoms with E-state index in [0.717, 1.165) is 28.0 Å². The molecule has 0 bridgehead atoms. The highest BCUT2D eigenvalue weighted by atomic mass is 16.5. The third-order valence-electron chi connectivity index (χ3n) is 17.2. The fourth-order valence-corrected chi connectivity index (χ4v) is 12.6. The number of benzene rings is 4. The normalized spacial score (nSPS) is 17.8. The molecular formula is C74H98N8O12. The molecule has 0 radical (unpaired) electrons. The molecule has 20 heteroatoms. The molecule has 4 unspecified atom stereocenters. The SMILES string of the molecule is CC.CCC.COc1ccc(C2=CN3C(=O)c4cc(OC)c(OCC(C)(C)CC(C)(C)COc5cc6c(cc5OC)C(=O)N5C=C(c7ccc(NC(=O)C(C)NC(=O)C(NC(=O)C(C)(C)CC(C)(C)N8C(=O)C(C)(C)C8=O)C(C)C)cc7)CC5C=N6)cc4N=CC3C2)cc1. The van der Waals surface area contributed by atoms with E-state index >= 15 is 0 Å². The van der Waals surface area contributed by atoms with E-state index in [1.807, 2.05) is 68.9 Å². The Hall–Kier alpha value is -8.81. The summed E-state index contributed by atoms with van der Waals surface area (Å²) in [7, 11) is 4.72. The summed E-state index contributed by atoms with van der Waals surface area (Å²) in [6.45, 7) is 32.6. The highest BCUT2D eigenvalue weighted by molar-refractivity contribution is 6.21. The van der Waals surface area contributed by atoms with Gasteiger partial charge in [0.25, 0.3) is 11.8 Å². The molecule has 4 aromatic rings. The number of aliphatic imine (C=N–C) groups is 2. The topological polar surface area (TPSA) is 236 Å². The maximum Gasteiger partial charge on any atom is 0.260 e. The summed E-state index contributed by atoms with van der Waals surface area (Å²) < 4.78 is 29.9. The Kier molecular flexibility index (Phi) is 22.6. The fourth-order valence-electron chi connectivity index (χ4n) is 12.6. The number of β-lactam (4-membered cyclic amide) rings is 2. The van der Waals surface area contributed by atoms with E-state index in [0.29, 0.717) is 83.7 Å². The summed E-state index contributed by atoms with van der Waals surface area (Å²) in [6, 6.07) is 19.3. The standard InChI is InChI=1S/C69H84N8O12.C3H8.C2H6/c1-39(2)57(74-62(82)67(8,9)36-68(10,11)77-63(83)69(12,13)64(77)84)59(79)72-40(3)58(78)73-45-21-17-41(18-22-45)43-25-46-31-70-51-29-55(53(86-15)27-49(51)60(80)75(46)33-43)88-37-65(4,5)35-66(6,7)38-89-56-30-52-50(28-54(56)87-16)61(81)76-34-44(26-47(76)32-71-52)42-19-23-48(85-14)24-20-42;1-3-2;1-2/h17-24,27-34,39-40,46-47,57H,25-26,35-38H2,1-16H3,(H,72,79)(H,73,78)(H,74,82);3H2,1-2H3;1-2H3. The summed E-state index contributed by atoms with van der Waals surface area (Å²) in [4.78, 5) is 109. The van der Waals surface area contributed by atoms with Crippen molar-refractivity contribution < 1.29 is 57.2 Å². The van der Waals surface area contributed by atoms with E-state index in [1.54, 1.807) is 129 Å². The molecule has 506 valence electrons. The van der Waals surface area contributed by atoms with E-state index < -0.39 is 46.2 Å². The van der Waals surface area contributed by atoms with Crippen LogP contribution in [0.5, 0.6) is 28.7 Å². The summed E-state index contributed by atoms with van der Waals surface area (Å²) in [5.41, 5.74) is 2.15. The van der Waals surface area contributed by atoms with Crippen LogP contribution in [0.25, 0.3) is 11.1 Å². The van der Waals surface area contributed by atoms with Crippen LogP contribution in [0.2, 0.25) is 0 Å². The van der Waals surface area contributed by atoms with Crippen molar-refractivity contribution in [1.29, 1.82) is 0 Å². The average Bonchev–Trinajstić information content (AvgIpc) is 1.01. The molecule has 7 amide bonds. The minimum atomic E-state index is -1.10. The lowest BCUT2D eigenvalue weighted by molar-refractivity contribution is -0.183. The van der Waals surface area contributed by atoms with Crippen molar-refractivity contribution in [3.05, 3.63) is 107 Å². The lowest BCUT2D eigenvalue weighted by atomic mass is 9.72. The van der Waals surface area contributed by atoms with Crippen LogP contribution < -0.4 is 39.6 Å². The summed E-state index contributed by atoms with van der Waals surface area (Å²) in [5, 5.41) is 8.46. The molecule has 1 saturated heterocycles. The zero-order chi connectivity index (χ0) is 69.6. The molecule has 1 fully saturated rings. The number of anilines is 1. The smallest absolute Gasteiger partial charge is 0.260 e. The Labute approximate surface area is 555 Å². The number of fused-ring (bicyclic) bond motifs is 4. The van der Waals surface area contributed by atoms with Gasteiger partial charge >= 0.3 is 0 Å². The van der Waals surface area contributed by atoms with Crippen LogP contribution in [0.1, 0.15) is 182 Å². The Morgan fingerprint density at radius 2 is 1.04 bits per heavy atom. The molecule has 0 aliphatic carbocycles. The molecule has 94 heavy (non-hydrogen) atoms. The Bertz CT molecular complexity index is 3620. The van der Waals surface area contributed by atoms with E-state index in [1.165, 1.54) is 18.4 Å². The molecule has 3 N–H and O–H groups in total. The maximum absolute atomic E-state index is 14.3. The number of likely N-dealkylation sites (tertiary alicyclic amines) is 1. The monoisotopic (exact) mass is 1290 g/mol. The number of carbonyl (C=O) groups excluding carboxylic acids is 7. The maximum atomic E-state index is 14.3. The first kappa shape index (κ1) is 72.6. The molecule has 9 rings (SSSR count). The number of hydrogen-bond donors (Lipinski definition) is 3. The van der Waals surface area contributed by atoms with Gasteiger partial charge in [0.2, 0.25) is 29.5 Å². The van der Waals surface area contributed by atoms with Gasteiger partial charge in [-0.3, -0.25) is 48.4 Å². The molecule has 4 aromatic carbocycles. The third kappa shape index (κ3) is 16.0. The summed E-state index contributed by atoms with van der Waals surface area (Å²) in [6.07, 6.45) is 10.5. The number of hydrogen-bond acceptors (Lipinski definition) is 14. The first-order chi connectivity index (χ1) is 44.2. The Morgan fingerprint density at radius 3 is 1.46 bits per heavy atom. The zero-order valence-electron chi connectivity index (χ0n) is 58.7. The highest BCUT2D eigenvalue weighted by Gasteiger charge is 2.60. The van der Waals surface area contributed by atoms with Crippen molar-refractivity contribution in [2.75, 3.05) is 39.9 Å². The number of methoxy groups -OCH3 is 3. The lowest BCUT2D eigenvalue weighted by Gasteiger charge is -2.52. The Balaban J connectivity index is 0.00000243. The summed E-state index contributed by atoms with van der Waals surface area (Å²) >= 11 is 0. The minimum Gasteiger partial charge on any atom is -0.497 e. The average molecular weight is 1290 g/mol. The lowest BCUT2D eigenvalue weighted by Crippen LogP contribution is -2.70. The van der Waals surface area contributed by atoms with Crippen molar-refractivity contribution in [3.8, 4) is 28.7 Å². The molecule has 5 aliphatic heterocycles. The van der Waals surface area contributed by atoms with Crippen molar-refractivity contribution in [3.63, 3.8) is 0 Å². The molecule has 0 aromatic heterocycles. The third-order valence-corrected chi connectivity index (χ3v) is 17.2. The largest absolute Gasteiger partial charge is 0.497 e. The van der Waals surface area contributed by atoms with Crippen LogP contribution in [0.4, 0.5) is 17.1 Å². The minimum absolute atomic E-state index is 0.155. The number of amides is 7. The van der Waals surface area contributed by atoms with Gasteiger partial charge in [0.1, 0.15) is 23.2 Å². The second-order valence-corrected chi connectivity index (χ2v) is 28.3. The van der Waals surface area contributed by atoms with Crippen LogP contribution in [0.3, 0.4) is 0 Å². The predicted octanol–water partition coefficient (Wildman–Crippen LogP) is 13.2. The number of imide groups is 1. The van der Waals surface area contributed by atoms with E-state index in [-0.39, 0.29) is 58.9 Å². The number of rotatable bonds is 23. The van der Waals surface area contributed by atoms with Crippen LogP contribution in [0, 0.1) is 27.6 Å². The zero-order valence-corrected chi connectivity index (χ0v) is 58.7. The van der Waals surface area contributed by atoms with Gasteiger partial charge in [0, 0.05) is 66.4 Å². The number of nitrogens with one attached hydrogen (secondary N) is 3. The molecule has 5 aliphatic rings. The number of ether oxygens (including phenoxy) is 5. The van der Waals surface area contributed by atoms with Gasteiger partial charge in [-0.05, 0) is 123 Å². The fraction of sp³-hybridized carbons (Fsp3) is 0.500. The summed E-state index contributed by atoms with van der Waals surface area (Å²) in [5.74, 6) is -0.296. The second kappa shape index (κ2) is 29.2. The first-order valence-corrected chi connectivity index (χ1v) is 32.6. The van der Waals surface area contributed by atoms with E-state index in [2.05, 4.69) is 57.5 Å². The van der Waals surface area contributed by atoms with Crippen molar-refractivity contribution in [2.24, 2.45) is 37.6 Å². The van der Waals surface area contributed by atoms with Gasteiger partial charge in [-0.15, -0.1) is 0 Å². The van der Waals surface area contributed by atoms with E-state index in [9.17, 15) is 33.6 Å². The number of nitrogens with zero attached hydrogens (tertiary/aromatic N) is 5.